The summed E-state index contributed by atoms with van der Waals surface area (Å²) in [6.07, 6.45) is 1.08. The molecule has 2 nitrogen and oxygen atoms in total. The van der Waals surface area contributed by atoms with Crippen LogP contribution in [0, 0.1) is 0 Å². The number of anilines is 2. The van der Waals surface area contributed by atoms with Crippen LogP contribution < -0.4 is 10.6 Å². The number of para-hydroxylation sites is 1. The first kappa shape index (κ1) is 11.6. The van der Waals surface area contributed by atoms with Gasteiger partial charge >= 0.3 is 0 Å². The lowest BCUT2D eigenvalue weighted by Gasteiger charge is -2.31. The number of rotatable bonds is 1. The molecule has 2 N–H and O–H groups in total. The molecule has 0 spiro atoms. The summed E-state index contributed by atoms with van der Waals surface area (Å²) in [5.41, 5.74) is 10.7. The van der Waals surface area contributed by atoms with Crippen LogP contribution in [0.5, 0.6) is 0 Å². The third-order valence-corrected chi connectivity index (χ3v) is 4.11. The molecule has 3 heteroatoms. The number of nitrogens with zero attached hydrogens (tertiary/aromatic N) is 1. The molecule has 92 valence electrons. The van der Waals surface area contributed by atoms with Crippen molar-refractivity contribution in [3.05, 3.63) is 58.1 Å². The summed E-state index contributed by atoms with van der Waals surface area (Å²) < 4.78 is 1.15. The molecular weight excluding hydrogens is 288 g/mol. The summed E-state index contributed by atoms with van der Waals surface area (Å²) in [6.45, 7) is 1.99. The smallest absolute Gasteiger partial charge is 0.0513 e. The fourth-order valence-electron chi connectivity index (χ4n) is 2.49. The molecule has 18 heavy (non-hydrogen) atoms. The van der Waals surface area contributed by atoms with Crippen molar-refractivity contribution in [2.24, 2.45) is 0 Å². The van der Waals surface area contributed by atoms with Crippen LogP contribution in [0.4, 0.5) is 11.4 Å². The zero-order valence-corrected chi connectivity index (χ0v) is 11.7. The lowest BCUT2D eigenvalue weighted by molar-refractivity contribution is 0.731. The van der Waals surface area contributed by atoms with Crippen LogP contribution in [0.3, 0.4) is 0 Å². The molecule has 0 bridgehead atoms. The number of halogens is 1. The second-order valence-electron chi connectivity index (χ2n) is 4.65. The van der Waals surface area contributed by atoms with Crippen LogP contribution in [-0.2, 0) is 13.0 Å². The zero-order chi connectivity index (χ0) is 12.5. The molecule has 2 aromatic rings. The van der Waals surface area contributed by atoms with Gasteiger partial charge in [-0.25, -0.2) is 0 Å². The number of benzene rings is 2. The van der Waals surface area contributed by atoms with Crippen LogP contribution in [0.1, 0.15) is 11.1 Å². The fourth-order valence-corrected chi connectivity index (χ4v) is 3.03. The molecule has 0 saturated carbocycles. The summed E-state index contributed by atoms with van der Waals surface area (Å²) in [7, 11) is 0. The van der Waals surface area contributed by atoms with E-state index in [0.29, 0.717) is 0 Å². The monoisotopic (exact) mass is 302 g/mol. The molecule has 0 saturated heterocycles. The maximum absolute atomic E-state index is 5.87. The van der Waals surface area contributed by atoms with Gasteiger partial charge in [0.25, 0.3) is 0 Å². The topological polar surface area (TPSA) is 29.3 Å². The standard InChI is InChI=1S/C15H15BrN2/c16-14-3-1-2-4-15(14)18-8-7-11-5-6-13(17)9-12(11)10-18/h1-6,9H,7-8,10,17H2. The highest BCUT2D eigenvalue weighted by atomic mass is 79.9. The molecule has 0 radical (unpaired) electrons. The lowest BCUT2D eigenvalue weighted by atomic mass is 9.99. The average molecular weight is 303 g/mol. The van der Waals surface area contributed by atoms with Crippen molar-refractivity contribution in [3.63, 3.8) is 0 Å². The minimum Gasteiger partial charge on any atom is -0.399 e. The van der Waals surface area contributed by atoms with Crippen LogP contribution in [0.25, 0.3) is 0 Å². The summed E-state index contributed by atoms with van der Waals surface area (Å²) >= 11 is 3.62. The summed E-state index contributed by atoms with van der Waals surface area (Å²) in [6, 6.07) is 14.6. The normalized spacial score (nSPS) is 14.4. The second kappa shape index (κ2) is 4.65. The first-order chi connectivity index (χ1) is 8.74. The number of hydrogen-bond acceptors (Lipinski definition) is 2. The van der Waals surface area contributed by atoms with E-state index in [1.54, 1.807) is 0 Å². The number of nitrogens with two attached hydrogens (primary N) is 1. The Morgan fingerprint density at radius 2 is 1.89 bits per heavy atom. The van der Waals surface area contributed by atoms with E-state index in [0.717, 1.165) is 29.7 Å². The number of fused-ring (bicyclic) bond motifs is 1. The highest BCUT2D eigenvalue weighted by molar-refractivity contribution is 9.10. The molecule has 0 unspecified atom stereocenters. The van der Waals surface area contributed by atoms with Crippen LogP contribution in [-0.4, -0.2) is 6.54 Å². The largest absolute Gasteiger partial charge is 0.399 e. The molecule has 0 fully saturated rings. The van der Waals surface area contributed by atoms with Gasteiger partial charge in [-0.3, -0.25) is 0 Å². The Labute approximate surface area is 116 Å². The van der Waals surface area contributed by atoms with Gasteiger partial charge in [0.1, 0.15) is 0 Å². The fraction of sp³-hybridized carbons (Fsp3) is 0.200. The van der Waals surface area contributed by atoms with Crippen LogP contribution in [0.2, 0.25) is 0 Å². The lowest BCUT2D eigenvalue weighted by Crippen LogP contribution is -2.30. The zero-order valence-electron chi connectivity index (χ0n) is 10.1. The minimum atomic E-state index is 0.850. The van der Waals surface area contributed by atoms with Gasteiger partial charge in [-0.05, 0) is 57.7 Å². The summed E-state index contributed by atoms with van der Waals surface area (Å²) in [4.78, 5) is 2.39. The van der Waals surface area contributed by atoms with Crippen molar-refractivity contribution in [3.8, 4) is 0 Å². The molecule has 0 aliphatic carbocycles. The van der Waals surface area contributed by atoms with Gasteiger partial charge in [0.05, 0.1) is 5.69 Å². The Hall–Kier alpha value is -1.48. The first-order valence-corrected chi connectivity index (χ1v) is 6.90. The third kappa shape index (κ3) is 2.10. The highest BCUT2D eigenvalue weighted by Crippen LogP contribution is 2.30. The summed E-state index contributed by atoms with van der Waals surface area (Å²) in [5.74, 6) is 0. The molecule has 2 aromatic carbocycles. The third-order valence-electron chi connectivity index (χ3n) is 3.44. The van der Waals surface area contributed by atoms with Crippen molar-refractivity contribution in [1.82, 2.24) is 0 Å². The van der Waals surface area contributed by atoms with Gasteiger partial charge < -0.3 is 10.6 Å². The van der Waals surface area contributed by atoms with Gasteiger partial charge in [0.15, 0.2) is 0 Å². The van der Waals surface area contributed by atoms with Gasteiger partial charge in [0.2, 0.25) is 0 Å². The van der Waals surface area contributed by atoms with E-state index in [2.05, 4.69) is 51.2 Å². The number of nitrogen functional groups attached to an aromatic ring is 1. The maximum atomic E-state index is 5.87. The average Bonchev–Trinajstić information content (AvgIpc) is 2.38. The Morgan fingerprint density at radius 3 is 2.72 bits per heavy atom. The number of hydrogen-bond donors (Lipinski definition) is 1. The van der Waals surface area contributed by atoms with Crippen molar-refractivity contribution in [2.45, 2.75) is 13.0 Å². The van der Waals surface area contributed by atoms with Crippen LogP contribution in [0.15, 0.2) is 46.9 Å². The SMILES string of the molecule is Nc1ccc2c(c1)CN(c1ccccc1Br)CC2. The Morgan fingerprint density at radius 1 is 1.06 bits per heavy atom. The van der Waals surface area contributed by atoms with E-state index in [1.807, 2.05) is 12.1 Å². The Bertz CT molecular complexity index is 580. The summed E-state index contributed by atoms with van der Waals surface area (Å²) in [5, 5.41) is 0. The first-order valence-electron chi connectivity index (χ1n) is 6.11. The molecule has 3 rings (SSSR count). The van der Waals surface area contributed by atoms with E-state index in [9.17, 15) is 0 Å². The molecule has 0 atom stereocenters. The van der Waals surface area contributed by atoms with Crippen molar-refractivity contribution >= 4 is 27.3 Å². The maximum Gasteiger partial charge on any atom is 0.0513 e. The van der Waals surface area contributed by atoms with Gasteiger partial charge in [-0.15, -0.1) is 0 Å². The van der Waals surface area contributed by atoms with E-state index in [4.69, 9.17) is 5.73 Å². The Balaban J connectivity index is 1.93. The van der Waals surface area contributed by atoms with Crippen LogP contribution >= 0.6 is 15.9 Å². The molecule has 1 heterocycles. The van der Waals surface area contributed by atoms with E-state index >= 15 is 0 Å². The molecule has 1 aliphatic heterocycles. The molecule has 0 amide bonds. The molecule has 1 aliphatic rings. The van der Waals surface area contributed by atoms with Crippen molar-refractivity contribution < 1.29 is 0 Å². The predicted octanol–water partition coefficient (Wildman–Crippen LogP) is 3.59. The molecule has 0 aromatic heterocycles. The van der Waals surface area contributed by atoms with E-state index < -0.39 is 0 Å². The quantitative estimate of drug-likeness (QED) is 0.816. The van der Waals surface area contributed by atoms with Crippen molar-refractivity contribution in [2.75, 3.05) is 17.2 Å². The minimum absolute atomic E-state index is 0.850. The van der Waals surface area contributed by atoms with Gasteiger partial charge in [0, 0.05) is 23.2 Å². The second-order valence-corrected chi connectivity index (χ2v) is 5.51. The molecular formula is C15H15BrN2. The van der Waals surface area contributed by atoms with E-state index in [-0.39, 0.29) is 0 Å². The van der Waals surface area contributed by atoms with Gasteiger partial charge in [-0.1, -0.05) is 18.2 Å². The highest BCUT2D eigenvalue weighted by Gasteiger charge is 2.17. The van der Waals surface area contributed by atoms with Gasteiger partial charge in [-0.2, -0.15) is 0 Å². The Kier molecular flexibility index (Phi) is 3.00. The van der Waals surface area contributed by atoms with Crippen molar-refractivity contribution in [1.29, 1.82) is 0 Å². The predicted molar refractivity (Wildman–Crippen MR) is 79.8 cm³/mol. The van der Waals surface area contributed by atoms with E-state index in [1.165, 1.54) is 16.8 Å².